The van der Waals surface area contributed by atoms with Crippen molar-refractivity contribution in [3.05, 3.63) is 87.7 Å². The minimum Gasteiger partial charge on any atom is -0.289 e. The van der Waals surface area contributed by atoms with Crippen molar-refractivity contribution in [1.82, 2.24) is 9.38 Å². The van der Waals surface area contributed by atoms with Gasteiger partial charge in [0.2, 0.25) is 0 Å². The van der Waals surface area contributed by atoms with E-state index in [0.717, 1.165) is 49.0 Å². The van der Waals surface area contributed by atoms with Crippen molar-refractivity contribution in [3.63, 3.8) is 0 Å². The lowest BCUT2D eigenvalue weighted by Gasteiger charge is -2.14. The second-order valence-corrected chi connectivity index (χ2v) is 7.15. The van der Waals surface area contributed by atoms with Crippen LogP contribution in [0.3, 0.4) is 0 Å². The Morgan fingerprint density at radius 3 is 2.30 bits per heavy atom. The molecule has 0 N–H and O–H groups in total. The summed E-state index contributed by atoms with van der Waals surface area (Å²) >= 11 is 5.81. The van der Waals surface area contributed by atoms with Gasteiger partial charge in [0.15, 0.2) is 5.43 Å². The smallest absolute Gasteiger partial charge is 0.194 e. The highest BCUT2D eigenvalue weighted by Crippen LogP contribution is 2.32. The van der Waals surface area contributed by atoms with Gasteiger partial charge in [-0.05, 0) is 35.0 Å². The van der Waals surface area contributed by atoms with Gasteiger partial charge in [-0.15, -0.1) is 0 Å². The van der Waals surface area contributed by atoms with E-state index in [0.29, 0.717) is 4.64 Å². The molecule has 0 spiro atoms. The summed E-state index contributed by atoms with van der Waals surface area (Å²) in [6.45, 7) is 0. The van der Waals surface area contributed by atoms with Crippen molar-refractivity contribution in [1.29, 1.82) is 0 Å². The summed E-state index contributed by atoms with van der Waals surface area (Å²) in [5.41, 5.74) is 2.65. The molecule has 27 heavy (non-hydrogen) atoms. The van der Waals surface area contributed by atoms with Crippen LogP contribution in [0.25, 0.3) is 49.0 Å². The molecule has 0 saturated carbocycles. The van der Waals surface area contributed by atoms with Crippen molar-refractivity contribution < 1.29 is 0 Å². The molecule has 0 aliphatic heterocycles. The first-order valence-electron chi connectivity index (χ1n) is 8.75. The zero-order valence-electron chi connectivity index (χ0n) is 14.1. The molecular formula is C23H12N2OS. The van der Waals surface area contributed by atoms with E-state index in [9.17, 15) is 4.79 Å². The maximum Gasteiger partial charge on any atom is 0.194 e. The molecule has 126 valence electrons. The van der Waals surface area contributed by atoms with E-state index in [1.165, 1.54) is 0 Å². The largest absolute Gasteiger partial charge is 0.289 e. The van der Waals surface area contributed by atoms with Crippen LogP contribution in [0, 0.1) is 4.64 Å². The van der Waals surface area contributed by atoms with Crippen LogP contribution in [0.1, 0.15) is 0 Å². The highest BCUT2D eigenvalue weighted by Gasteiger charge is 2.15. The number of aromatic nitrogens is 2. The molecule has 0 saturated heterocycles. The van der Waals surface area contributed by atoms with Gasteiger partial charge in [0.05, 0.1) is 11.0 Å². The van der Waals surface area contributed by atoms with Gasteiger partial charge in [-0.3, -0.25) is 9.20 Å². The van der Waals surface area contributed by atoms with Gasteiger partial charge in [-0.25, -0.2) is 4.98 Å². The van der Waals surface area contributed by atoms with Crippen molar-refractivity contribution in [2.75, 3.05) is 0 Å². The zero-order valence-corrected chi connectivity index (χ0v) is 15.0. The first-order chi connectivity index (χ1) is 13.2. The summed E-state index contributed by atoms with van der Waals surface area (Å²) in [4.78, 5) is 17.9. The number of rotatable bonds is 0. The van der Waals surface area contributed by atoms with Crippen LogP contribution in [-0.4, -0.2) is 9.38 Å². The second kappa shape index (κ2) is 5.09. The van der Waals surface area contributed by atoms with Gasteiger partial charge < -0.3 is 0 Å². The Morgan fingerprint density at radius 1 is 0.741 bits per heavy atom. The van der Waals surface area contributed by atoms with Crippen molar-refractivity contribution in [3.8, 4) is 0 Å². The Kier molecular flexibility index (Phi) is 2.78. The van der Waals surface area contributed by atoms with Gasteiger partial charge in [0.1, 0.15) is 10.3 Å². The fraction of sp³-hybridized carbons (Fsp3) is 0. The average molecular weight is 364 g/mol. The lowest BCUT2D eigenvalue weighted by molar-refractivity contribution is 1.17. The van der Waals surface area contributed by atoms with Crippen LogP contribution in [0.4, 0.5) is 0 Å². The summed E-state index contributed by atoms with van der Waals surface area (Å²) in [7, 11) is 0. The molecule has 0 amide bonds. The summed E-state index contributed by atoms with van der Waals surface area (Å²) in [5.74, 6) is 0. The molecule has 0 aliphatic rings. The second-order valence-electron chi connectivity index (χ2n) is 6.76. The maximum atomic E-state index is 13.1. The maximum absolute atomic E-state index is 13.1. The molecule has 0 radical (unpaired) electrons. The van der Waals surface area contributed by atoms with E-state index >= 15 is 0 Å². The van der Waals surface area contributed by atoms with Crippen molar-refractivity contribution in [2.24, 2.45) is 0 Å². The Morgan fingerprint density at radius 2 is 1.44 bits per heavy atom. The average Bonchev–Trinajstić information content (AvgIpc) is 2.71. The highest BCUT2D eigenvalue weighted by atomic mass is 32.1. The van der Waals surface area contributed by atoms with Crippen LogP contribution in [0.5, 0.6) is 0 Å². The van der Waals surface area contributed by atoms with Gasteiger partial charge >= 0.3 is 0 Å². The van der Waals surface area contributed by atoms with Crippen molar-refractivity contribution >= 4 is 61.2 Å². The number of pyridine rings is 1. The molecule has 0 aliphatic carbocycles. The first-order valence-corrected chi connectivity index (χ1v) is 9.16. The Balaban J connectivity index is 2.04. The van der Waals surface area contributed by atoms with E-state index in [1.807, 2.05) is 71.1 Å². The third-order valence-electron chi connectivity index (χ3n) is 5.33. The SMILES string of the molecule is O=c1c2ccccc2c2cc3nc4ccccc4c(=S)n3c3cccc1c23. The Hall–Kier alpha value is -3.37. The normalized spacial score (nSPS) is 12.0. The number of fused-ring (bicyclic) bond motifs is 5. The molecule has 0 bridgehead atoms. The van der Waals surface area contributed by atoms with Crippen LogP contribution >= 0.6 is 12.2 Å². The van der Waals surface area contributed by atoms with Gasteiger partial charge in [0.25, 0.3) is 0 Å². The van der Waals surface area contributed by atoms with E-state index in [4.69, 9.17) is 17.2 Å². The number of hydrogen-bond donors (Lipinski definition) is 0. The Bertz CT molecular complexity index is 1670. The lowest BCUT2D eigenvalue weighted by Crippen LogP contribution is -2.06. The van der Waals surface area contributed by atoms with Crippen LogP contribution < -0.4 is 5.43 Å². The molecule has 4 heteroatoms. The fourth-order valence-corrected chi connectivity index (χ4v) is 4.52. The third-order valence-corrected chi connectivity index (χ3v) is 5.74. The first kappa shape index (κ1) is 14.8. The molecule has 6 rings (SSSR count). The lowest BCUT2D eigenvalue weighted by atomic mass is 9.97. The molecule has 0 unspecified atom stereocenters. The number of para-hydroxylation sites is 1. The van der Waals surface area contributed by atoms with Gasteiger partial charge in [0, 0.05) is 21.5 Å². The zero-order chi connectivity index (χ0) is 18.1. The molecular weight excluding hydrogens is 352 g/mol. The quantitative estimate of drug-likeness (QED) is 0.203. The molecule has 2 heterocycles. The fourth-order valence-electron chi connectivity index (χ4n) is 4.15. The standard InChI is InChI=1S/C23H12N2OS/c26-22-14-7-2-1-6-13(14)17-12-20-24-18-10-4-3-8-15(18)23(27)25(20)19-11-5-9-16(22)21(17)19/h1-12H. The molecule has 0 atom stereocenters. The van der Waals surface area contributed by atoms with E-state index < -0.39 is 0 Å². The number of benzene rings is 4. The topological polar surface area (TPSA) is 34.4 Å². The van der Waals surface area contributed by atoms with E-state index in [-0.39, 0.29) is 5.43 Å². The van der Waals surface area contributed by atoms with Crippen LogP contribution in [0.15, 0.2) is 77.6 Å². The van der Waals surface area contributed by atoms with Crippen LogP contribution in [-0.2, 0) is 0 Å². The summed E-state index contributed by atoms with van der Waals surface area (Å²) in [6.07, 6.45) is 0. The molecule has 2 aromatic heterocycles. The third kappa shape index (κ3) is 1.83. The minimum absolute atomic E-state index is 0.0586. The minimum atomic E-state index is 0.0586. The monoisotopic (exact) mass is 364 g/mol. The number of nitrogens with zero attached hydrogens (tertiary/aromatic N) is 2. The van der Waals surface area contributed by atoms with Crippen LogP contribution in [0.2, 0.25) is 0 Å². The Labute approximate surface area is 158 Å². The summed E-state index contributed by atoms with van der Waals surface area (Å²) in [6, 6.07) is 23.6. The predicted molar refractivity (Wildman–Crippen MR) is 114 cm³/mol. The van der Waals surface area contributed by atoms with E-state index in [1.54, 1.807) is 0 Å². The highest BCUT2D eigenvalue weighted by molar-refractivity contribution is 7.71. The van der Waals surface area contributed by atoms with Crippen molar-refractivity contribution in [2.45, 2.75) is 0 Å². The van der Waals surface area contributed by atoms with Gasteiger partial charge in [-0.2, -0.15) is 0 Å². The molecule has 3 nitrogen and oxygen atoms in total. The molecule has 6 aromatic rings. The molecule has 4 aromatic carbocycles. The number of hydrogen-bond acceptors (Lipinski definition) is 3. The summed E-state index contributed by atoms with van der Waals surface area (Å²) in [5, 5.41) is 5.33. The summed E-state index contributed by atoms with van der Waals surface area (Å²) < 4.78 is 2.70. The molecule has 0 fully saturated rings. The van der Waals surface area contributed by atoms with Gasteiger partial charge in [-0.1, -0.05) is 60.7 Å². The van der Waals surface area contributed by atoms with E-state index in [2.05, 4.69) is 6.07 Å². The predicted octanol–water partition coefficient (Wildman–Crippen LogP) is 5.47.